The van der Waals surface area contributed by atoms with Crippen molar-refractivity contribution in [1.29, 1.82) is 0 Å². The van der Waals surface area contributed by atoms with E-state index in [1.807, 2.05) is 0 Å². The van der Waals surface area contributed by atoms with Crippen molar-refractivity contribution in [1.82, 2.24) is 0 Å². The summed E-state index contributed by atoms with van der Waals surface area (Å²) in [6, 6.07) is 0. The lowest BCUT2D eigenvalue weighted by Crippen LogP contribution is -2.60. The Morgan fingerprint density at radius 3 is 1.31 bits per heavy atom. The van der Waals surface area contributed by atoms with Gasteiger partial charge in [-0.05, 0) is 25.7 Å². The van der Waals surface area contributed by atoms with Crippen molar-refractivity contribution in [2.24, 2.45) is 11.5 Å². The summed E-state index contributed by atoms with van der Waals surface area (Å²) in [5.74, 6) is -0.918. The zero-order chi connectivity index (χ0) is 12.4. The van der Waals surface area contributed by atoms with Crippen LogP contribution in [-0.4, -0.2) is 37.2 Å². The minimum Gasteiger partial charge on any atom is -0.468 e. The van der Waals surface area contributed by atoms with Gasteiger partial charge in [-0.3, -0.25) is 9.59 Å². The summed E-state index contributed by atoms with van der Waals surface area (Å²) >= 11 is 0. The molecule has 0 saturated heterocycles. The van der Waals surface area contributed by atoms with E-state index in [2.05, 4.69) is 9.47 Å². The van der Waals surface area contributed by atoms with Gasteiger partial charge in [-0.15, -0.1) is 0 Å². The van der Waals surface area contributed by atoms with Crippen molar-refractivity contribution in [3.63, 3.8) is 0 Å². The van der Waals surface area contributed by atoms with E-state index in [9.17, 15) is 9.59 Å². The normalized spacial score (nSPS) is 34.2. The monoisotopic (exact) mass is 230 g/mol. The molecule has 0 spiro atoms. The van der Waals surface area contributed by atoms with E-state index in [1.54, 1.807) is 0 Å². The molecule has 1 aliphatic rings. The van der Waals surface area contributed by atoms with Crippen LogP contribution >= 0.6 is 0 Å². The van der Waals surface area contributed by atoms with E-state index < -0.39 is 23.0 Å². The summed E-state index contributed by atoms with van der Waals surface area (Å²) in [4.78, 5) is 22.9. The molecular weight excluding hydrogens is 212 g/mol. The molecule has 0 aromatic heterocycles. The van der Waals surface area contributed by atoms with E-state index >= 15 is 0 Å². The van der Waals surface area contributed by atoms with Crippen molar-refractivity contribution < 1.29 is 19.1 Å². The van der Waals surface area contributed by atoms with Gasteiger partial charge in [0.1, 0.15) is 11.1 Å². The number of hydrogen-bond donors (Lipinski definition) is 2. The highest BCUT2D eigenvalue weighted by Crippen LogP contribution is 2.33. The molecule has 1 saturated carbocycles. The van der Waals surface area contributed by atoms with Crippen LogP contribution in [-0.2, 0) is 19.1 Å². The first-order valence-corrected chi connectivity index (χ1v) is 5.12. The van der Waals surface area contributed by atoms with E-state index in [4.69, 9.17) is 11.5 Å². The number of hydrogen-bond acceptors (Lipinski definition) is 6. The number of esters is 2. The molecule has 0 heterocycles. The number of ether oxygens (including phenoxy) is 2. The molecule has 0 radical (unpaired) electrons. The van der Waals surface area contributed by atoms with E-state index in [0.717, 1.165) is 0 Å². The second kappa shape index (κ2) is 4.39. The zero-order valence-electron chi connectivity index (χ0n) is 9.62. The number of carbonyl (C=O) groups excluding carboxylic acids is 2. The van der Waals surface area contributed by atoms with E-state index in [-0.39, 0.29) is 0 Å². The summed E-state index contributed by atoms with van der Waals surface area (Å²) in [5, 5.41) is 0. The quantitative estimate of drug-likeness (QED) is 0.608. The van der Waals surface area contributed by atoms with Gasteiger partial charge in [0.05, 0.1) is 14.2 Å². The smallest absolute Gasteiger partial charge is 0.325 e. The number of nitrogens with two attached hydrogens (primary N) is 2. The average Bonchev–Trinajstić information content (AvgIpc) is 2.31. The molecule has 16 heavy (non-hydrogen) atoms. The second-order valence-corrected chi connectivity index (χ2v) is 4.30. The molecule has 0 amide bonds. The van der Waals surface area contributed by atoms with Crippen LogP contribution in [0.5, 0.6) is 0 Å². The van der Waals surface area contributed by atoms with Crippen molar-refractivity contribution in [3.05, 3.63) is 0 Å². The molecule has 6 nitrogen and oxygen atoms in total. The minimum atomic E-state index is -1.02. The Morgan fingerprint density at radius 1 is 0.875 bits per heavy atom. The molecule has 0 atom stereocenters. The Kier molecular flexibility index (Phi) is 3.54. The van der Waals surface area contributed by atoms with E-state index in [0.29, 0.717) is 25.7 Å². The van der Waals surface area contributed by atoms with Gasteiger partial charge in [0.25, 0.3) is 0 Å². The number of rotatable bonds is 2. The average molecular weight is 230 g/mol. The van der Waals surface area contributed by atoms with Crippen molar-refractivity contribution in [2.75, 3.05) is 14.2 Å². The standard InChI is InChI=1S/C10H18N2O4/c1-15-7(13)9(11)3-5-10(12,6-4-9)8(14)16-2/h3-6,11-12H2,1-2H3. The predicted octanol–water partition coefficient (Wildman–Crippen LogP) is -0.699. The Labute approximate surface area is 94.2 Å². The lowest BCUT2D eigenvalue weighted by Gasteiger charge is -2.38. The fraction of sp³-hybridized carbons (Fsp3) is 0.800. The largest absolute Gasteiger partial charge is 0.468 e. The summed E-state index contributed by atoms with van der Waals surface area (Å²) in [6.45, 7) is 0. The molecule has 1 aliphatic carbocycles. The van der Waals surface area contributed by atoms with Crippen LogP contribution in [0.3, 0.4) is 0 Å². The maximum Gasteiger partial charge on any atom is 0.325 e. The van der Waals surface area contributed by atoms with Gasteiger partial charge in [-0.25, -0.2) is 0 Å². The SMILES string of the molecule is COC(=O)C1(N)CCC(N)(C(=O)OC)CC1. The number of carbonyl (C=O) groups is 2. The maximum atomic E-state index is 11.4. The minimum absolute atomic E-state index is 0.325. The lowest BCUT2D eigenvalue weighted by atomic mass is 9.73. The molecule has 1 rings (SSSR count). The molecule has 0 bridgehead atoms. The molecule has 0 aliphatic heterocycles. The third-order valence-electron chi connectivity index (χ3n) is 3.22. The van der Waals surface area contributed by atoms with Gasteiger partial charge < -0.3 is 20.9 Å². The van der Waals surface area contributed by atoms with Gasteiger partial charge in [0, 0.05) is 0 Å². The van der Waals surface area contributed by atoms with Crippen LogP contribution in [0.25, 0.3) is 0 Å². The van der Waals surface area contributed by atoms with E-state index in [1.165, 1.54) is 14.2 Å². The topological polar surface area (TPSA) is 105 Å². The first-order valence-electron chi connectivity index (χ1n) is 5.12. The van der Waals surface area contributed by atoms with Gasteiger partial charge in [0.15, 0.2) is 0 Å². The van der Waals surface area contributed by atoms with Gasteiger partial charge in [0.2, 0.25) is 0 Å². The van der Waals surface area contributed by atoms with Crippen molar-refractivity contribution >= 4 is 11.9 Å². The molecule has 0 unspecified atom stereocenters. The molecule has 1 fully saturated rings. The highest BCUT2D eigenvalue weighted by atomic mass is 16.5. The van der Waals surface area contributed by atoms with Crippen LogP contribution in [0.15, 0.2) is 0 Å². The van der Waals surface area contributed by atoms with Gasteiger partial charge >= 0.3 is 11.9 Å². The molecule has 92 valence electrons. The maximum absolute atomic E-state index is 11.4. The van der Waals surface area contributed by atoms with Crippen LogP contribution in [0, 0.1) is 0 Å². The second-order valence-electron chi connectivity index (χ2n) is 4.30. The molecule has 4 N–H and O–H groups in total. The van der Waals surface area contributed by atoms with Gasteiger partial charge in [-0.1, -0.05) is 0 Å². The van der Waals surface area contributed by atoms with Crippen molar-refractivity contribution in [3.8, 4) is 0 Å². The first-order chi connectivity index (χ1) is 7.38. The third kappa shape index (κ3) is 2.17. The van der Waals surface area contributed by atoms with Gasteiger partial charge in [-0.2, -0.15) is 0 Å². The van der Waals surface area contributed by atoms with Crippen LogP contribution in [0.1, 0.15) is 25.7 Å². The first kappa shape index (κ1) is 12.9. The Hall–Kier alpha value is -1.14. The molecule has 6 heteroatoms. The van der Waals surface area contributed by atoms with Crippen LogP contribution < -0.4 is 11.5 Å². The summed E-state index contributed by atoms with van der Waals surface area (Å²) in [6.07, 6.45) is 1.30. The fourth-order valence-electron chi connectivity index (χ4n) is 1.96. The third-order valence-corrected chi connectivity index (χ3v) is 3.22. The van der Waals surface area contributed by atoms with Crippen molar-refractivity contribution in [2.45, 2.75) is 36.8 Å². The summed E-state index contributed by atoms with van der Waals surface area (Å²) < 4.78 is 9.25. The number of methoxy groups -OCH3 is 2. The highest BCUT2D eigenvalue weighted by molar-refractivity contribution is 5.84. The Balaban J connectivity index is 2.70. The molecular formula is C10H18N2O4. The predicted molar refractivity (Wildman–Crippen MR) is 56.3 cm³/mol. The van der Waals surface area contributed by atoms with Crippen LogP contribution in [0.4, 0.5) is 0 Å². The fourth-order valence-corrected chi connectivity index (χ4v) is 1.96. The lowest BCUT2D eigenvalue weighted by molar-refractivity contribution is -0.154. The summed E-state index contributed by atoms with van der Waals surface area (Å²) in [7, 11) is 2.59. The van der Waals surface area contributed by atoms with Crippen LogP contribution in [0.2, 0.25) is 0 Å². The summed E-state index contributed by atoms with van der Waals surface area (Å²) in [5.41, 5.74) is 9.74. The molecule has 0 aromatic carbocycles. The zero-order valence-corrected chi connectivity index (χ0v) is 9.62. The molecule has 0 aromatic rings. The Bertz CT molecular complexity index is 265. The Morgan fingerprint density at radius 2 is 1.12 bits per heavy atom. The highest BCUT2D eigenvalue weighted by Gasteiger charge is 2.47.